The van der Waals surface area contributed by atoms with Crippen LogP contribution in [0.5, 0.6) is 5.75 Å². The van der Waals surface area contributed by atoms with Gasteiger partial charge in [-0.2, -0.15) is 23.4 Å². The Morgan fingerprint density at radius 2 is 1.82 bits per heavy atom. The lowest BCUT2D eigenvalue weighted by Gasteiger charge is -2.12. The van der Waals surface area contributed by atoms with E-state index in [1.165, 1.54) is 30.6 Å². The molecule has 88 valence electrons. The van der Waals surface area contributed by atoms with E-state index in [4.69, 9.17) is 5.11 Å². The first-order chi connectivity index (χ1) is 7.98. The Kier molecular flexibility index (Phi) is 2.71. The molecule has 0 fully saturated rings. The first-order valence-corrected chi connectivity index (χ1v) is 4.66. The summed E-state index contributed by atoms with van der Waals surface area (Å²) in [6.07, 6.45) is -1.98. The summed E-state index contributed by atoms with van der Waals surface area (Å²) in [6, 6.07) is 4.52. The van der Waals surface area contributed by atoms with Gasteiger partial charge >= 0.3 is 6.18 Å². The molecule has 1 N–H and O–H groups in total. The molecular weight excluding hydrogens is 233 g/mol. The van der Waals surface area contributed by atoms with Crippen LogP contribution in [0.3, 0.4) is 0 Å². The Bertz CT molecular complexity index is 526. The topological polar surface area (TPSA) is 46.0 Å². The van der Waals surface area contributed by atoms with E-state index in [0.29, 0.717) is 11.6 Å². The number of halogens is 3. The lowest BCUT2D eigenvalue weighted by atomic mass is 10.0. The van der Waals surface area contributed by atoms with Crippen molar-refractivity contribution in [2.45, 2.75) is 6.18 Å². The number of nitrogens with zero attached hydrogens (tertiary/aromatic N) is 2. The number of alkyl halides is 3. The third-order valence-corrected chi connectivity index (χ3v) is 2.20. The second-order valence-corrected chi connectivity index (χ2v) is 3.36. The fourth-order valence-electron chi connectivity index (χ4n) is 1.47. The maximum Gasteiger partial charge on any atom is 0.417 e. The molecule has 0 aliphatic rings. The van der Waals surface area contributed by atoms with Crippen LogP contribution in [-0.4, -0.2) is 15.3 Å². The average Bonchev–Trinajstić information content (AvgIpc) is 2.29. The number of phenols is 1. The van der Waals surface area contributed by atoms with E-state index in [1.807, 2.05) is 0 Å². The van der Waals surface area contributed by atoms with Gasteiger partial charge < -0.3 is 5.11 Å². The van der Waals surface area contributed by atoms with E-state index in [1.54, 1.807) is 0 Å². The minimum Gasteiger partial charge on any atom is -0.508 e. The van der Waals surface area contributed by atoms with Crippen LogP contribution in [0.4, 0.5) is 13.2 Å². The molecule has 0 saturated heterocycles. The quantitative estimate of drug-likeness (QED) is 0.833. The van der Waals surface area contributed by atoms with Gasteiger partial charge in [-0.3, -0.25) is 0 Å². The van der Waals surface area contributed by atoms with Crippen LogP contribution in [0, 0.1) is 0 Å². The molecule has 1 heterocycles. The monoisotopic (exact) mass is 240 g/mol. The molecule has 2 rings (SSSR count). The SMILES string of the molecule is Oc1ccc(-c2ccnnc2)c(C(F)(F)F)c1. The lowest BCUT2D eigenvalue weighted by Crippen LogP contribution is -2.07. The summed E-state index contributed by atoms with van der Waals surface area (Å²) in [5.74, 6) is -0.428. The van der Waals surface area contributed by atoms with E-state index >= 15 is 0 Å². The van der Waals surface area contributed by atoms with Gasteiger partial charge in [0.05, 0.1) is 18.0 Å². The van der Waals surface area contributed by atoms with Crippen LogP contribution in [-0.2, 0) is 6.18 Å². The van der Waals surface area contributed by atoms with E-state index in [0.717, 1.165) is 0 Å². The first kappa shape index (κ1) is 11.4. The zero-order valence-electron chi connectivity index (χ0n) is 8.44. The molecule has 0 radical (unpaired) electrons. The Labute approximate surface area is 94.6 Å². The van der Waals surface area contributed by atoms with E-state index in [2.05, 4.69) is 10.2 Å². The fraction of sp³-hybridized carbons (Fsp3) is 0.0909. The third-order valence-electron chi connectivity index (χ3n) is 2.20. The van der Waals surface area contributed by atoms with Crippen LogP contribution < -0.4 is 0 Å². The second-order valence-electron chi connectivity index (χ2n) is 3.36. The van der Waals surface area contributed by atoms with Crippen molar-refractivity contribution < 1.29 is 18.3 Å². The molecular formula is C11H7F3N2O. The Balaban J connectivity index is 2.63. The molecule has 0 spiro atoms. The summed E-state index contributed by atoms with van der Waals surface area (Å²) in [5, 5.41) is 16.1. The van der Waals surface area contributed by atoms with Gasteiger partial charge in [-0.25, -0.2) is 0 Å². The van der Waals surface area contributed by atoms with Crippen molar-refractivity contribution in [2.24, 2.45) is 0 Å². The van der Waals surface area contributed by atoms with Gasteiger partial charge in [-0.1, -0.05) is 6.07 Å². The normalized spacial score (nSPS) is 11.5. The third kappa shape index (κ3) is 2.35. The van der Waals surface area contributed by atoms with Gasteiger partial charge in [0.25, 0.3) is 0 Å². The van der Waals surface area contributed by atoms with Gasteiger partial charge in [-0.05, 0) is 23.8 Å². The number of phenolic OH excluding ortho intramolecular Hbond substituents is 1. The number of aromatic nitrogens is 2. The molecule has 0 amide bonds. The number of aromatic hydroxyl groups is 1. The van der Waals surface area contributed by atoms with E-state index < -0.39 is 17.5 Å². The lowest BCUT2D eigenvalue weighted by molar-refractivity contribution is -0.137. The summed E-state index contributed by atoms with van der Waals surface area (Å²) in [6.45, 7) is 0. The van der Waals surface area contributed by atoms with Crippen molar-refractivity contribution >= 4 is 0 Å². The zero-order chi connectivity index (χ0) is 12.5. The van der Waals surface area contributed by atoms with Crippen LogP contribution in [0.15, 0.2) is 36.7 Å². The van der Waals surface area contributed by atoms with Crippen LogP contribution in [0.25, 0.3) is 11.1 Å². The summed E-state index contributed by atoms with van der Waals surface area (Å²) >= 11 is 0. The maximum absolute atomic E-state index is 12.8. The number of benzene rings is 1. The number of hydrogen-bond donors (Lipinski definition) is 1. The predicted molar refractivity (Wildman–Crippen MR) is 54.1 cm³/mol. The van der Waals surface area contributed by atoms with Crippen LogP contribution in [0.2, 0.25) is 0 Å². The standard InChI is InChI=1S/C11H7F3N2O/c12-11(13,14)10-5-8(17)1-2-9(10)7-3-4-15-16-6-7/h1-6,17H. The average molecular weight is 240 g/mol. The van der Waals surface area contributed by atoms with Crippen molar-refractivity contribution in [1.82, 2.24) is 10.2 Å². The highest BCUT2D eigenvalue weighted by molar-refractivity contribution is 5.68. The van der Waals surface area contributed by atoms with Gasteiger partial charge in [0.15, 0.2) is 0 Å². The van der Waals surface area contributed by atoms with Gasteiger partial charge in [0, 0.05) is 5.56 Å². The highest BCUT2D eigenvalue weighted by atomic mass is 19.4. The summed E-state index contributed by atoms with van der Waals surface area (Å²) in [5.41, 5.74) is -0.636. The Morgan fingerprint density at radius 3 is 2.41 bits per heavy atom. The first-order valence-electron chi connectivity index (χ1n) is 4.66. The molecule has 1 aromatic heterocycles. The Hall–Kier alpha value is -2.11. The maximum atomic E-state index is 12.8. The largest absolute Gasteiger partial charge is 0.508 e. The summed E-state index contributed by atoms with van der Waals surface area (Å²) < 4.78 is 38.3. The molecule has 0 atom stereocenters. The summed E-state index contributed by atoms with van der Waals surface area (Å²) in [4.78, 5) is 0. The molecule has 0 aliphatic carbocycles. The molecule has 0 unspecified atom stereocenters. The molecule has 17 heavy (non-hydrogen) atoms. The van der Waals surface area contributed by atoms with Crippen molar-refractivity contribution in [3.8, 4) is 16.9 Å². The van der Waals surface area contributed by atoms with Gasteiger partial charge in [0.1, 0.15) is 5.75 Å². The molecule has 2 aromatic rings. The molecule has 0 aliphatic heterocycles. The highest BCUT2D eigenvalue weighted by Gasteiger charge is 2.34. The fourth-order valence-corrected chi connectivity index (χ4v) is 1.47. The van der Waals surface area contributed by atoms with E-state index in [9.17, 15) is 13.2 Å². The smallest absolute Gasteiger partial charge is 0.417 e. The highest BCUT2D eigenvalue weighted by Crippen LogP contribution is 2.38. The minimum atomic E-state index is -4.53. The van der Waals surface area contributed by atoms with Gasteiger partial charge in [-0.15, -0.1) is 0 Å². The molecule has 0 saturated carbocycles. The summed E-state index contributed by atoms with van der Waals surface area (Å²) in [7, 11) is 0. The van der Waals surface area contributed by atoms with Crippen molar-refractivity contribution in [2.75, 3.05) is 0 Å². The molecule has 3 nitrogen and oxygen atoms in total. The minimum absolute atomic E-state index is 0.0369. The number of rotatable bonds is 1. The zero-order valence-corrected chi connectivity index (χ0v) is 8.44. The predicted octanol–water partition coefficient (Wildman–Crippen LogP) is 2.87. The molecule has 6 heteroatoms. The van der Waals surface area contributed by atoms with Crippen molar-refractivity contribution in [3.63, 3.8) is 0 Å². The number of hydrogen-bond acceptors (Lipinski definition) is 3. The van der Waals surface area contributed by atoms with Crippen molar-refractivity contribution in [1.29, 1.82) is 0 Å². The molecule has 0 bridgehead atoms. The van der Waals surface area contributed by atoms with Crippen molar-refractivity contribution in [3.05, 3.63) is 42.2 Å². The van der Waals surface area contributed by atoms with Crippen LogP contribution >= 0.6 is 0 Å². The van der Waals surface area contributed by atoms with Crippen LogP contribution in [0.1, 0.15) is 5.56 Å². The van der Waals surface area contributed by atoms with E-state index in [-0.39, 0.29) is 5.56 Å². The Morgan fingerprint density at radius 1 is 1.06 bits per heavy atom. The molecule has 1 aromatic carbocycles. The van der Waals surface area contributed by atoms with Gasteiger partial charge in [0.2, 0.25) is 0 Å². The second kappa shape index (κ2) is 4.04.